The van der Waals surface area contributed by atoms with Gasteiger partial charge in [-0.2, -0.15) is 5.43 Å². The van der Waals surface area contributed by atoms with Gasteiger partial charge in [0, 0.05) is 5.56 Å². The van der Waals surface area contributed by atoms with E-state index in [0.717, 1.165) is 25.9 Å². The molecule has 1 aromatic rings. The van der Waals surface area contributed by atoms with Gasteiger partial charge < -0.3 is 5.11 Å². The molecular formula is C16H25N2O2+. The maximum atomic E-state index is 12.4. The van der Waals surface area contributed by atoms with Crippen LogP contribution in [0.15, 0.2) is 30.3 Å². The molecule has 1 aliphatic rings. The predicted octanol–water partition coefficient (Wildman–Crippen LogP) is 2.10. The van der Waals surface area contributed by atoms with Gasteiger partial charge >= 0.3 is 0 Å². The first-order valence-electron chi connectivity index (χ1n) is 7.53. The second-order valence-electron chi connectivity index (χ2n) is 5.85. The summed E-state index contributed by atoms with van der Waals surface area (Å²) < 4.78 is 0.505. The standard InChI is InChI=1S/C16H24N2O2/c1-14(19)13-18(11-7-2-3-8-12-18)17-16(20)15-9-5-4-6-10-15/h4-6,9-10,14,19H,2-3,7-8,11-13H2,1H3/p+1. The van der Waals surface area contributed by atoms with Crippen molar-refractivity contribution < 1.29 is 14.5 Å². The summed E-state index contributed by atoms with van der Waals surface area (Å²) in [6, 6.07) is 9.30. The molecule has 1 aromatic carbocycles. The van der Waals surface area contributed by atoms with Crippen LogP contribution in [-0.4, -0.2) is 41.3 Å². The van der Waals surface area contributed by atoms with Crippen molar-refractivity contribution in [2.75, 3.05) is 19.6 Å². The van der Waals surface area contributed by atoms with E-state index in [0.29, 0.717) is 16.7 Å². The minimum absolute atomic E-state index is 0.0480. The second kappa shape index (κ2) is 6.86. The summed E-state index contributed by atoms with van der Waals surface area (Å²) in [6.07, 6.45) is 4.20. The van der Waals surface area contributed by atoms with Crippen LogP contribution >= 0.6 is 0 Å². The van der Waals surface area contributed by atoms with Gasteiger partial charge in [-0.1, -0.05) is 18.2 Å². The van der Waals surface area contributed by atoms with Crippen molar-refractivity contribution in [1.29, 1.82) is 0 Å². The monoisotopic (exact) mass is 277 g/mol. The van der Waals surface area contributed by atoms with Gasteiger partial charge in [0.05, 0.1) is 0 Å². The molecule has 2 N–H and O–H groups in total. The number of benzene rings is 1. The summed E-state index contributed by atoms with van der Waals surface area (Å²) >= 11 is 0. The number of aliphatic hydroxyl groups excluding tert-OH is 1. The predicted molar refractivity (Wildman–Crippen MR) is 78.9 cm³/mol. The Bertz CT molecular complexity index is 423. The lowest BCUT2D eigenvalue weighted by molar-refractivity contribution is -0.962. The Balaban J connectivity index is 2.12. The van der Waals surface area contributed by atoms with Crippen molar-refractivity contribution >= 4 is 5.91 Å². The maximum absolute atomic E-state index is 12.4. The van der Waals surface area contributed by atoms with E-state index in [1.54, 1.807) is 6.92 Å². The van der Waals surface area contributed by atoms with Gasteiger partial charge in [0.2, 0.25) is 0 Å². The molecule has 20 heavy (non-hydrogen) atoms. The van der Waals surface area contributed by atoms with E-state index in [1.807, 2.05) is 30.3 Å². The van der Waals surface area contributed by atoms with Gasteiger partial charge in [-0.25, -0.2) is 4.59 Å². The molecule has 1 heterocycles. The van der Waals surface area contributed by atoms with Crippen molar-refractivity contribution in [2.45, 2.75) is 38.7 Å². The Morgan fingerprint density at radius 2 is 1.80 bits per heavy atom. The van der Waals surface area contributed by atoms with Gasteiger partial charge in [-0.3, -0.25) is 4.79 Å². The highest BCUT2D eigenvalue weighted by molar-refractivity contribution is 5.93. The lowest BCUT2D eigenvalue weighted by Gasteiger charge is -2.37. The summed E-state index contributed by atoms with van der Waals surface area (Å²) in [6.45, 7) is 4.19. The number of carbonyl (C=O) groups is 1. The summed E-state index contributed by atoms with van der Waals surface area (Å²) in [5, 5.41) is 9.78. The van der Waals surface area contributed by atoms with E-state index in [2.05, 4.69) is 5.43 Å². The molecule has 0 radical (unpaired) electrons. The Hall–Kier alpha value is -1.39. The van der Waals surface area contributed by atoms with Crippen LogP contribution in [0, 0.1) is 0 Å². The molecule has 1 atom stereocenters. The zero-order valence-electron chi connectivity index (χ0n) is 12.2. The molecule has 1 saturated heterocycles. The number of nitrogens with one attached hydrogen (secondary N) is 1. The molecule has 0 aromatic heterocycles. The Morgan fingerprint density at radius 3 is 2.35 bits per heavy atom. The van der Waals surface area contributed by atoms with E-state index in [4.69, 9.17) is 0 Å². The Kier molecular flexibility index (Phi) is 5.15. The van der Waals surface area contributed by atoms with Gasteiger partial charge in [0.1, 0.15) is 25.7 Å². The fraction of sp³-hybridized carbons (Fsp3) is 0.562. The highest BCUT2D eigenvalue weighted by Crippen LogP contribution is 2.17. The summed E-state index contributed by atoms with van der Waals surface area (Å²) in [5.41, 5.74) is 3.84. The zero-order valence-corrected chi connectivity index (χ0v) is 12.2. The lowest BCUT2D eigenvalue weighted by Crippen LogP contribution is -2.63. The van der Waals surface area contributed by atoms with Crippen LogP contribution < -0.4 is 5.43 Å². The third-order valence-corrected chi connectivity index (χ3v) is 3.91. The average molecular weight is 277 g/mol. The van der Waals surface area contributed by atoms with Gasteiger partial charge in [-0.05, 0) is 44.7 Å². The smallest absolute Gasteiger partial charge is 0.295 e. The SMILES string of the molecule is CC(O)C[N+]1(NC(=O)c2ccccc2)CCCCCC1. The average Bonchev–Trinajstić information content (AvgIpc) is 2.64. The number of aliphatic hydroxyl groups is 1. The minimum Gasteiger partial charge on any atom is -0.387 e. The normalized spacial score (nSPS) is 19.9. The second-order valence-corrected chi connectivity index (χ2v) is 5.85. The van der Waals surface area contributed by atoms with E-state index in [-0.39, 0.29) is 5.91 Å². The van der Waals surface area contributed by atoms with Crippen LogP contribution in [0.2, 0.25) is 0 Å². The zero-order chi connectivity index (χ0) is 14.4. The van der Waals surface area contributed by atoms with Gasteiger partial charge in [-0.15, -0.1) is 0 Å². The Labute approximate surface area is 121 Å². The van der Waals surface area contributed by atoms with Gasteiger partial charge in [0.15, 0.2) is 0 Å². The molecular weight excluding hydrogens is 252 g/mol. The maximum Gasteiger partial charge on any atom is 0.295 e. The van der Waals surface area contributed by atoms with Crippen molar-refractivity contribution in [3.8, 4) is 0 Å². The van der Waals surface area contributed by atoms with E-state index in [9.17, 15) is 9.90 Å². The molecule has 1 amide bonds. The third-order valence-electron chi connectivity index (χ3n) is 3.91. The Morgan fingerprint density at radius 1 is 1.20 bits per heavy atom. The van der Waals surface area contributed by atoms with Crippen LogP contribution in [0.3, 0.4) is 0 Å². The number of quaternary nitrogens is 1. The van der Waals surface area contributed by atoms with Crippen LogP contribution in [0.1, 0.15) is 43.0 Å². The number of amides is 1. The van der Waals surface area contributed by atoms with Crippen molar-refractivity contribution in [2.24, 2.45) is 0 Å². The molecule has 4 heteroatoms. The highest BCUT2D eigenvalue weighted by Gasteiger charge is 2.33. The minimum atomic E-state index is -0.413. The van der Waals surface area contributed by atoms with Crippen LogP contribution in [0.25, 0.3) is 0 Å². The lowest BCUT2D eigenvalue weighted by atomic mass is 10.2. The number of likely N-dealkylation sites (tertiary alicyclic amines) is 1. The first-order chi connectivity index (χ1) is 9.61. The molecule has 2 rings (SSSR count). The number of hydrogen-bond donors (Lipinski definition) is 2. The number of hydrogen-bond acceptors (Lipinski definition) is 2. The third kappa shape index (κ3) is 4.05. The van der Waals surface area contributed by atoms with Gasteiger partial charge in [0.25, 0.3) is 5.91 Å². The summed E-state index contributed by atoms with van der Waals surface area (Å²) in [5.74, 6) is -0.0480. The molecule has 1 unspecified atom stereocenters. The van der Waals surface area contributed by atoms with Crippen molar-refractivity contribution in [1.82, 2.24) is 5.43 Å². The van der Waals surface area contributed by atoms with E-state index in [1.165, 1.54) is 12.8 Å². The number of carbonyl (C=O) groups excluding carboxylic acids is 1. The molecule has 0 aliphatic carbocycles. The first kappa shape index (κ1) is 15.0. The number of rotatable bonds is 4. The van der Waals surface area contributed by atoms with Crippen LogP contribution in [0.4, 0.5) is 0 Å². The molecule has 1 fully saturated rings. The summed E-state index contributed by atoms with van der Waals surface area (Å²) in [7, 11) is 0. The largest absolute Gasteiger partial charge is 0.387 e. The highest BCUT2D eigenvalue weighted by atomic mass is 16.3. The topological polar surface area (TPSA) is 49.3 Å². The number of nitrogens with zero attached hydrogens (tertiary/aromatic N) is 1. The molecule has 0 bridgehead atoms. The summed E-state index contributed by atoms with van der Waals surface area (Å²) in [4.78, 5) is 12.4. The first-order valence-corrected chi connectivity index (χ1v) is 7.53. The quantitative estimate of drug-likeness (QED) is 0.828. The fourth-order valence-corrected chi connectivity index (χ4v) is 3.01. The molecule has 0 saturated carbocycles. The molecule has 4 nitrogen and oxygen atoms in total. The molecule has 110 valence electrons. The van der Waals surface area contributed by atoms with E-state index >= 15 is 0 Å². The van der Waals surface area contributed by atoms with Crippen molar-refractivity contribution in [3.63, 3.8) is 0 Å². The molecule has 0 spiro atoms. The van der Waals surface area contributed by atoms with Crippen LogP contribution in [-0.2, 0) is 0 Å². The fourth-order valence-electron chi connectivity index (χ4n) is 3.01. The van der Waals surface area contributed by atoms with E-state index < -0.39 is 6.10 Å². The van der Waals surface area contributed by atoms with Crippen LogP contribution in [0.5, 0.6) is 0 Å². The molecule has 1 aliphatic heterocycles. The van der Waals surface area contributed by atoms with Crippen molar-refractivity contribution in [3.05, 3.63) is 35.9 Å².